The van der Waals surface area contributed by atoms with E-state index >= 15 is 0 Å². The highest BCUT2D eigenvalue weighted by Crippen LogP contribution is 2.42. The molecule has 1 fully saturated rings. The van der Waals surface area contributed by atoms with Gasteiger partial charge in [-0.05, 0) is 67.1 Å². The van der Waals surface area contributed by atoms with Gasteiger partial charge in [0.2, 0.25) is 5.78 Å². The lowest BCUT2D eigenvalue weighted by atomic mass is 9.75. The number of ether oxygens (including phenoxy) is 2. The van der Waals surface area contributed by atoms with E-state index in [9.17, 15) is 4.79 Å². The topological polar surface area (TPSA) is 91.2 Å². The molecular weight excluding hydrogens is 452 g/mol. The van der Waals surface area contributed by atoms with Gasteiger partial charge in [0, 0.05) is 39.0 Å². The fraction of sp³-hybridized carbons (Fsp3) is 0.552. The monoisotopic (exact) mass is 490 g/mol. The molecule has 1 aromatic heterocycles. The number of benzene rings is 1. The quantitative estimate of drug-likeness (QED) is 0.504. The first kappa shape index (κ1) is 26.3. The van der Waals surface area contributed by atoms with Crippen molar-refractivity contribution in [3.05, 3.63) is 58.7 Å². The fourth-order valence-electron chi connectivity index (χ4n) is 5.05. The van der Waals surface area contributed by atoms with Crippen LogP contribution in [0.1, 0.15) is 79.0 Å². The van der Waals surface area contributed by atoms with Gasteiger partial charge in [-0.1, -0.05) is 32.1 Å². The van der Waals surface area contributed by atoms with Gasteiger partial charge in [0.05, 0.1) is 18.4 Å². The number of aromatic amines is 1. The number of Topliss-reactive ketones (excluding diaryl/α,β-unsaturated/α-hetero) is 1. The molecule has 0 spiro atoms. The van der Waals surface area contributed by atoms with Gasteiger partial charge in [0.1, 0.15) is 11.8 Å². The molecular formula is C29H38N4O3. The first-order valence-electron chi connectivity index (χ1n) is 12.9. The summed E-state index contributed by atoms with van der Waals surface area (Å²) in [7, 11) is 4.11. The molecule has 1 N–H and O–H groups in total. The Balaban J connectivity index is 1.69. The number of ketones is 1. The summed E-state index contributed by atoms with van der Waals surface area (Å²) in [6, 6.07) is 8.48. The molecule has 4 rings (SSSR count). The van der Waals surface area contributed by atoms with Gasteiger partial charge in [-0.15, -0.1) is 0 Å². The number of carbonyl (C=O) groups is 1. The molecule has 2 heterocycles. The Morgan fingerprint density at radius 3 is 2.67 bits per heavy atom. The number of allylic oxidation sites excluding steroid dienone is 2. The predicted molar refractivity (Wildman–Crippen MR) is 140 cm³/mol. The van der Waals surface area contributed by atoms with Crippen LogP contribution in [0.5, 0.6) is 0 Å². The van der Waals surface area contributed by atoms with Crippen LogP contribution in [0.25, 0.3) is 5.57 Å². The Bertz CT molecular complexity index is 1150. The Morgan fingerprint density at radius 1 is 1.25 bits per heavy atom. The van der Waals surface area contributed by atoms with Crippen LogP contribution >= 0.6 is 0 Å². The lowest BCUT2D eigenvalue weighted by Crippen LogP contribution is -2.38. The van der Waals surface area contributed by atoms with Crippen LogP contribution in [-0.4, -0.2) is 61.1 Å². The van der Waals surface area contributed by atoms with Gasteiger partial charge in [-0.25, -0.2) is 4.98 Å². The summed E-state index contributed by atoms with van der Waals surface area (Å²) in [6.45, 7) is 7.47. The molecule has 1 aromatic carbocycles. The predicted octanol–water partition coefficient (Wildman–Crippen LogP) is 4.88. The Hall–Kier alpha value is -2.79. The van der Waals surface area contributed by atoms with E-state index < -0.39 is 0 Å². The highest BCUT2D eigenvalue weighted by atomic mass is 16.5. The van der Waals surface area contributed by atoms with Crippen LogP contribution in [0, 0.1) is 16.7 Å². The second kappa shape index (κ2) is 11.1. The number of rotatable bonds is 9. The number of H-pyrrole nitrogens is 1. The van der Waals surface area contributed by atoms with Gasteiger partial charge in [0.15, 0.2) is 5.82 Å². The first-order valence-corrected chi connectivity index (χ1v) is 12.9. The minimum Gasteiger partial charge on any atom is -0.381 e. The van der Waals surface area contributed by atoms with Crippen LogP contribution < -0.4 is 0 Å². The van der Waals surface area contributed by atoms with Crippen LogP contribution in [0.4, 0.5) is 0 Å². The highest BCUT2D eigenvalue weighted by Gasteiger charge is 2.36. The summed E-state index contributed by atoms with van der Waals surface area (Å²) in [5, 5.41) is 9.09. The number of hydrogen-bond acceptors (Lipinski definition) is 6. The Labute approximate surface area is 214 Å². The zero-order chi connectivity index (χ0) is 25.8. The number of hydrogen-bond donors (Lipinski definition) is 1. The highest BCUT2D eigenvalue weighted by molar-refractivity contribution is 5.95. The molecule has 7 nitrogen and oxygen atoms in total. The molecule has 0 bridgehead atoms. The molecule has 1 aliphatic heterocycles. The number of carbonyl (C=O) groups excluding carboxylic acids is 1. The van der Waals surface area contributed by atoms with E-state index in [-0.39, 0.29) is 29.0 Å². The van der Waals surface area contributed by atoms with Crippen molar-refractivity contribution in [1.82, 2.24) is 14.9 Å². The van der Waals surface area contributed by atoms with Gasteiger partial charge >= 0.3 is 0 Å². The normalized spacial score (nSPS) is 19.1. The van der Waals surface area contributed by atoms with E-state index in [4.69, 9.17) is 14.7 Å². The second-order valence-electron chi connectivity index (χ2n) is 11.1. The molecule has 7 heteroatoms. The van der Waals surface area contributed by atoms with Crippen molar-refractivity contribution >= 4 is 11.4 Å². The molecule has 0 saturated carbocycles. The van der Waals surface area contributed by atoms with Crippen LogP contribution in [0.15, 0.2) is 30.5 Å². The number of nitrogens with one attached hydrogen (secondary N) is 1. The largest absolute Gasteiger partial charge is 0.381 e. The zero-order valence-electron chi connectivity index (χ0n) is 22.0. The summed E-state index contributed by atoms with van der Waals surface area (Å²) >= 11 is 0. The van der Waals surface area contributed by atoms with E-state index in [2.05, 4.69) is 67.1 Å². The third-order valence-corrected chi connectivity index (χ3v) is 7.48. The summed E-state index contributed by atoms with van der Waals surface area (Å²) in [6.07, 6.45) is 8.71. The van der Waals surface area contributed by atoms with Crippen LogP contribution in [0.3, 0.4) is 0 Å². The average molecular weight is 491 g/mol. The molecule has 2 aliphatic rings. The molecule has 0 unspecified atom stereocenters. The molecule has 36 heavy (non-hydrogen) atoms. The summed E-state index contributed by atoms with van der Waals surface area (Å²) in [5.41, 5.74) is 4.77. The van der Waals surface area contributed by atoms with Crippen molar-refractivity contribution < 1.29 is 14.3 Å². The van der Waals surface area contributed by atoms with Gasteiger partial charge in [-0.2, -0.15) is 5.26 Å². The SMILES string of the molecule is CN(C)CCOC1(c2ccc(CC(=O)c3ncc(C#N)[nH]3)c(C3=CCC(C)(C)CC3)c2)CCOCC1. The summed E-state index contributed by atoms with van der Waals surface area (Å²) < 4.78 is 12.3. The smallest absolute Gasteiger partial charge is 0.202 e. The third-order valence-electron chi connectivity index (χ3n) is 7.48. The molecule has 2 aromatic rings. The second-order valence-corrected chi connectivity index (χ2v) is 11.1. The number of imidazole rings is 1. The van der Waals surface area contributed by atoms with E-state index in [0.29, 0.717) is 25.5 Å². The molecule has 0 atom stereocenters. The minimum atomic E-state index is -0.386. The zero-order valence-corrected chi connectivity index (χ0v) is 22.0. The van der Waals surface area contributed by atoms with Crippen molar-refractivity contribution in [2.45, 2.75) is 58.0 Å². The maximum Gasteiger partial charge on any atom is 0.202 e. The third kappa shape index (κ3) is 6.12. The number of nitriles is 1. The average Bonchev–Trinajstić information content (AvgIpc) is 3.34. The number of nitrogens with zero attached hydrogens (tertiary/aromatic N) is 3. The van der Waals surface area contributed by atoms with E-state index in [1.165, 1.54) is 11.8 Å². The van der Waals surface area contributed by atoms with Gasteiger partial charge in [-0.3, -0.25) is 4.79 Å². The van der Waals surface area contributed by atoms with Crippen molar-refractivity contribution in [1.29, 1.82) is 5.26 Å². The van der Waals surface area contributed by atoms with Gasteiger partial charge in [0.25, 0.3) is 0 Å². The summed E-state index contributed by atoms with van der Waals surface area (Å²) in [5.74, 6) is 0.110. The maximum absolute atomic E-state index is 13.1. The van der Waals surface area contributed by atoms with E-state index in [0.717, 1.165) is 55.3 Å². The number of likely N-dealkylation sites (N-methyl/N-ethyl adjacent to an activating group) is 1. The lowest BCUT2D eigenvalue weighted by molar-refractivity contribution is -0.118. The molecule has 1 aliphatic carbocycles. The van der Waals surface area contributed by atoms with Crippen LogP contribution in [-0.2, 0) is 21.5 Å². The van der Waals surface area contributed by atoms with Crippen molar-refractivity contribution in [2.24, 2.45) is 5.41 Å². The maximum atomic E-state index is 13.1. The molecule has 1 saturated heterocycles. The lowest BCUT2D eigenvalue weighted by Gasteiger charge is -2.38. The van der Waals surface area contributed by atoms with Crippen molar-refractivity contribution in [2.75, 3.05) is 40.5 Å². The van der Waals surface area contributed by atoms with Crippen LogP contribution in [0.2, 0.25) is 0 Å². The molecule has 0 amide bonds. The molecule has 192 valence electrons. The van der Waals surface area contributed by atoms with E-state index in [1.807, 2.05) is 6.07 Å². The van der Waals surface area contributed by atoms with E-state index in [1.54, 1.807) is 0 Å². The number of aromatic nitrogens is 2. The van der Waals surface area contributed by atoms with Crippen molar-refractivity contribution in [3.8, 4) is 6.07 Å². The standard InChI is InChI=1S/C29H38N4O3/c1-28(2)9-7-21(8-10-28)25-18-23(29(11-14-35-15-12-29)36-16-13-33(3)4)6-5-22(25)17-26(34)27-31-20-24(19-30)32-27/h5-7,18,20H,8-17H2,1-4H3,(H,31,32). The fourth-order valence-corrected chi connectivity index (χ4v) is 5.05. The Morgan fingerprint density at radius 2 is 2.03 bits per heavy atom. The Kier molecular flexibility index (Phi) is 8.09. The first-order chi connectivity index (χ1) is 17.2. The van der Waals surface area contributed by atoms with Gasteiger partial charge < -0.3 is 19.4 Å². The minimum absolute atomic E-state index is 0.120. The molecule has 0 radical (unpaired) electrons. The van der Waals surface area contributed by atoms with Crippen molar-refractivity contribution in [3.63, 3.8) is 0 Å². The summed E-state index contributed by atoms with van der Waals surface area (Å²) in [4.78, 5) is 22.1.